The number of ether oxygens (including phenoxy) is 3. The highest BCUT2D eigenvalue weighted by molar-refractivity contribution is 7.98. The second-order valence-corrected chi connectivity index (χ2v) is 6.83. The van der Waals surface area contributed by atoms with Crippen LogP contribution in [0.2, 0.25) is 0 Å². The van der Waals surface area contributed by atoms with Gasteiger partial charge in [0.2, 0.25) is 6.79 Å². The van der Waals surface area contributed by atoms with Gasteiger partial charge in [-0.05, 0) is 42.2 Å². The SMILES string of the molecule is CSc1ccc2c(c1)C1C(OCc3ccc4c(c3)OCO4)N1C=N2. The number of hydrogen-bond acceptors (Lipinski definition) is 6. The maximum atomic E-state index is 6.11. The molecule has 0 bridgehead atoms. The van der Waals surface area contributed by atoms with Crippen molar-refractivity contribution in [2.75, 3.05) is 13.0 Å². The summed E-state index contributed by atoms with van der Waals surface area (Å²) < 4.78 is 16.9. The van der Waals surface area contributed by atoms with Crippen LogP contribution in [0.25, 0.3) is 0 Å². The van der Waals surface area contributed by atoms with Crippen LogP contribution in [0.15, 0.2) is 46.3 Å². The Bertz CT molecular complexity index is 839. The van der Waals surface area contributed by atoms with E-state index in [1.54, 1.807) is 11.8 Å². The van der Waals surface area contributed by atoms with Crippen LogP contribution in [0.4, 0.5) is 5.69 Å². The zero-order chi connectivity index (χ0) is 16.1. The summed E-state index contributed by atoms with van der Waals surface area (Å²) in [6.07, 6.45) is 4.03. The lowest BCUT2D eigenvalue weighted by Gasteiger charge is -2.09. The van der Waals surface area contributed by atoms with Crippen LogP contribution in [0.1, 0.15) is 17.2 Å². The summed E-state index contributed by atoms with van der Waals surface area (Å²) in [5.74, 6) is 1.59. The quantitative estimate of drug-likeness (QED) is 0.627. The lowest BCUT2D eigenvalue weighted by atomic mass is 10.1. The Balaban J connectivity index is 1.31. The third kappa shape index (κ3) is 2.25. The Morgan fingerprint density at radius 1 is 1.21 bits per heavy atom. The van der Waals surface area contributed by atoms with E-state index >= 15 is 0 Å². The van der Waals surface area contributed by atoms with Gasteiger partial charge >= 0.3 is 0 Å². The molecule has 0 spiro atoms. The Labute approximate surface area is 144 Å². The first-order valence-electron chi connectivity index (χ1n) is 7.83. The molecule has 0 saturated carbocycles. The molecular formula is C18H16N2O3S. The van der Waals surface area contributed by atoms with E-state index < -0.39 is 0 Å². The van der Waals surface area contributed by atoms with Gasteiger partial charge in [0.1, 0.15) is 6.04 Å². The molecule has 3 aliphatic heterocycles. The first-order valence-corrected chi connectivity index (χ1v) is 9.06. The highest BCUT2D eigenvalue weighted by Crippen LogP contribution is 2.49. The fraction of sp³-hybridized carbons (Fsp3) is 0.278. The van der Waals surface area contributed by atoms with E-state index in [0.717, 1.165) is 22.7 Å². The molecule has 0 aliphatic carbocycles. The summed E-state index contributed by atoms with van der Waals surface area (Å²) in [6, 6.07) is 12.6. The van der Waals surface area contributed by atoms with Crippen molar-refractivity contribution in [1.29, 1.82) is 0 Å². The lowest BCUT2D eigenvalue weighted by molar-refractivity contribution is 0.0823. The highest BCUT2D eigenvalue weighted by atomic mass is 32.2. The predicted molar refractivity (Wildman–Crippen MR) is 92.1 cm³/mol. The maximum absolute atomic E-state index is 6.11. The number of fused-ring (bicyclic) bond motifs is 4. The van der Waals surface area contributed by atoms with Crippen molar-refractivity contribution < 1.29 is 14.2 Å². The standard InChI is InChI=1S/C18H16N2O3S/c1-24-12-3-4-14-13(7-12)17-18(20(17)9-19-14)21-8-11-2-5-15-16(6-11)23-10-22-15/h2-7,9,17-18H,8,10H2,1H3. The molecule has 2 unspecified atom stereocenters. The van der Waals surface area contributed by atoms with Crippen LogP contribution < -0.4 is 9.47 Å². The lowest BCUT2D eigenvalue weighted by Crippen LogP contribution is -2.04. The Morgan fingerprint density at radius 3 is 3.04 bits per heavy atom. The Kier molecular flexibility index (Phi) is 3.21. The van der Waals surface area contributed by atoms with Crippen LogP contribution in [0.3, 0.4) is 0 Å². The maximum Gasteiger partial charge on any atom is 0.231 e. The van der Waals surface area contributed by atoms with Gasteiger partial charge in [-0.15, -0.1) is 11.8 Å². The third-order valence-electron chi connectivity index (χ3n) is 4.54. The molecule has 1 fully saturated rings. The minimum absolute atomic E-state index is 0.0533. The van der Waals surface area contributed by atoms with Crippen LogP contribution in [-0.2, 0) is 11.3 Å². The van der Waals surface area contributed by atoms with Gasteiger partial charge in [0.05, 0.1) is 18.6 Å². The molecule has 0 radical (unpaired) electrons. The fourth-order valence-corrected chi connectivity index (χ4v) is 3.66. The Hall–Kier alpha value is -2.18. The van der Waals surface area contributed by atoms with Crippen molar-refractivity contribution in [2.24, 2.45) is 4.99 Å². The van der Waals surface area contributed by atoms with E-state index in [1.165, 1.54) is 10.5 Å². The van der Waals surface area contributed by atoms with Crippen molar-refractivity contribution in [3.8, 4) is 11.5 Å². The van der Waals surface area contributed by atoms with Crippen molar-refractivity contribution in [3.63, 3.8) is 0 Å². The molecule has 0 amide bonds. The number of thioether (sulfide) groups is 1. The van der Waals surface area contributed by atoms with E-state index in [0.29, 0.717) is 13.4 Å². The molecule has 0 N–H and O–H groups in total. The van der Waals surface area contributed by atoms with Crippen LogP contribution >= 0.6 is 11.8 Å². The fourth-order valence-electron chi connectivity index (χ4n) is 3.21. The smallest absolute Gasteiger partial charge is 0.231 e. The average molecular weight is 340 g/mol. The van der Waals surface area contributed by atoms with E-state index in [9.17, 15) is 0 Å². The molecular weight excluding hydrogens is 324 g/mol. The largest absolute Gasteiger partial charge is 0.454 e. The molecule has 0 aromatic heterocycles. The van der Waals surface area contributed by atoms with Gasteiger partial charge in [-0.3, -0.25) is 0 Å². The molecule has 3 aliphatic rings. The minimum atomic E-state index is 0.0533. The molecule has 24 heavy (non-hydrogen) atoms. The minimum Gasteiger partial charge on any atom is -0.454 e. The van der Waals surface area contributed by atoms with E-state index in [1.807, 2.05) is 24.5 Å². The summed E-state index contributed by atoms with van der Waals surface area (Å²) in [5, 5.41) is 0. The van der Waals surface area contributed by atoms with E-state index in [4.69, 9.17) is 14.2 Å². The van der Waals surface area contributed by atoms with Crippen molar-refractivity contribution in [3.05, 3.63) is 47.5 Å². The molecule has 6 heteroatoms. The number of benzene rings is 2. The number of hydrogen-bond donors (Lipinski definition) is 0. The van der Waals surface area contributed by atoms with Gasteiger partial charge in [-0.1, -0.05) is 6.07 Å². The average Bonchev–Trinajstić information content (AvgIpc) is 3.15. The van der Waals surface area contributed by atoms with Gasteiger partial charge in [-0.2, -0.15) is 0 Å². The van der Waals surface area contributed by atoms with Crippen molar-refractivity contribution >= 4 is 23.8 Å². The second kappa shape index (κ2) is 5.43. The van der Waals surface area contributed by atoms with Gasteiger partial charge in [0.25, 0.3) is 0 Å². The molecule has 122 valence electrons. The topological polar surface area (TPSA) is 43.1 Å². The van der Waals surface area contributed by atoms with Crippen LogP contribution in [0.5, 0.6) is 11.5 Å². The molecule has 2 aromatic rings. The van der Waals surface area contributed by atoms with Crippen molar-refractivity contribution in [1.82, 2.24) is 4.90 Å². The summed E-state index contributed by atoms with van der Waals surface area (Å²) in [6.45, 7) is 0.836. The predicted octanol–water partition coefficient (Wildman–Crippen LogP) is 3.71. The molecule has 2 aromatic carbocycles. The first-order chi connectivity index (χ1) is 11.8. The van der Waals surface area contributed by atoms with Crippen molar-refractivity contribution in [2.45, 2.75) is 23.8 Å². The summed E-state index contributed by atoms with van der Waals surface area (Å²) in [4.78, 5) is 7.93. The monoisotopic (exact) mass is 340 g/mol. The molecule has 1 saturated heterocycles. The third-order valence-corrected chi connectivity index (χ3v) is 5.26. The molecule has 2 atom stereocenters. The van der Waals surface area contributed by atoms with E-state index in [-0.39, 0.29) is 12.3 Å². The highest BCUT2D eigenvalue weighted by Gasteiger charge is 2.51. The molecule has 5 nitrogen and oxygen atoms in total. The summed E-state index contributed by atoms with van der Waals surface area (Å²) >= 11 is 1.75. The number of aliphatic imine (C=N–C) groups is 1. The normalized spacial score (nSPS) is 22.3. The summed E-state index contributed by atoms with van der Waals surface area (Å²) in [7, 11) is 0. The van der Waals surface area contributed by atoms with Crippen LogP contribution in [0, 0.1) is 0 Å². The van der Waals surface area contributed by atoms with Gasteiger partial charge in [0.15, 0.2) is 17.7 Å². The zero-order valence-corrected chi connectivity index (χ0v) is 14.0. The van der Waals surface area contributed by atoms with Gasteiger partial charge < -0.3 is 19.1 Å². The first kappa shape index (κ1) is 14.2. The zero-order valence-electron chi connectivity index (χ0n) is 13.1. The number of nitrogens with zero attached hydrogens (tertiary/aromatic N) is 2. The van der Waals surface area contributed by atoms with Gasteiger partial charge in [-0.25, -0.2) is 4.99 Å². The van der Waals surface area contributed by atoms with E-state index in [2.05, 4.69) is 34.3 Å². The van der Waals surface area contributed by atoms with Crippen LogP contribution in [-0.4, -0.2) is 30.5 Å². The summed E-state index contributed by atoms with van der Waals surface area (Å²) in [5.41, 5.74) is 3.38. The molecule has 5 rings (SSSR count). The number of rotatable bonds is 4. The van der Waals surface area contributed by atoms with Gasteiger partial charge in [0, 0.05) is 10.5 Å². The molecule has 3 heterocycles. The Morgan fingerprint density at radius 2 is 2.12 bits per heavy atom. The second-order valence-electron chi connectivity index (χ2n) is 5.95.